The van der Waals surface area contributed by atoms with Gasteiger partial charge in [-0.15, -0.1) is 0 Å². The van der Waals surface area contributed by atoms with Crippen molar-refractivity contribution < 1.29 is 9.53 Å². The highest BCUT2D eigenvalue weighted by Crippen LogP contribution is 2.18. The maximum absolute atomic E-state index is 11.3. The number of esters is 1. The van der Waals surface area contributed by atoms with Gasteiger partial charge in [-0.25, -0.2) is 4.79 Å². The number of ether oxygens (including phenoxy) is 1. The molecule has 0 aliphatic rings. The molecule has 0 fully saturated rings. The normalized spacial score (nSPS) is 11.1. The van der Waals surface area contributed by atoms with Gasteiger partial charge in [0.15, 0.2) is 0 Å². The number of methoxy groups -OCH3 is 1. The van der Waals surface area contributed by atoms with Crippen LogP contribution < -0.4 is 0 Å². The summed E-state index contributed by atoms with van der Waals surface area (Å²) in [6, 6.07) is 5.91. The van der Waals surface area contributed by atoms with Gasteiger partial charge in [-0.3, -0.25) is 0 Å². The minimum Gasteiger partial charge on any atom is -0.466 e. The molecular formula is C14H16O2. The van der Waals surface area contributed by atoms with E-state index in [0.717, 1.165) is 16.7 Å². The van der Waals surface area contributed by atoms with Crippen LogP contribution in [0.25, 0.3) is 12.2 Å². The van der Waals surface area contributed by atoms with Crippen molar-refractivity contribution >= 4 is 18.1 Å². The molecule has 0 heterocycles. The molecule has 0 saturated heterocycles. The molecule has 1 aromatic rings. The maximum atomic E-state index is 11.3. The molecule has 0 aromatic heterocycles. The van der Waals surface area contributed by atoms with E-state index in [4.69, 9.17) is 0 Å². The average molecular weight is 216 g/mol. The lowest BCUT2D eigenvalue weighted by molar-refractivity contribution is -0.135. The van der Waals surface area contributed by atoms with Gasteiger partial charge in [-0.1, -0.05) is 30.9 Å². The number of carbonyl (C=O) groups excluding carboxylic acids is 1. The summed E-state index contributed by atoms with van der Waals surface area (Å²) in [5, 5.41) is 0. The quantitative estimate of drug-likeness (QED) is 0.573. The van der Waals surface area contributed by atoms with Gasteiger partial charge in [-0.05, 0) is 36.6 Å². The topological polar surface area (TPSA) is 26.3 Å². The fourth-order valence-electron chi connectivity index (χ4n) is 1.50. The Bertz CT molecular complexity index is 442. The van der Waals surface area contributed by atoms with E-state index in [0.29, 0.717) is 5.57 Å². The van der Waals surface area contributed by atoms with Crippen LogP contribution in [0.3, 0.4) is 0 Å². The summed E-state index contributed by atoms with van der Waals surface area (Å²) in [5.41, 5.74) is 3.79. The number of rotatable bonds is 3. The molecule has 0 unspecified atom stereocenters. The van der Waals surface area contributed by atoms with Crippen molar-refractivity contribution in [1.29, 1.82) is 0 Å². The maximum Gasteiger partial charge on any atom is 0.333 e. The summed E-state index contributed by atoms with van der Waals surface area (Å²) < 4.78 is 4.65. The Labute approximate surface area is 96.2 Å². The van der Waals surface area contributed by atoms with E-state index in [2.05, 4.69) is 11.3 Å². The van der Waals surface area contributed by atoms with Gasteiger partial charge in [0.1, 0.15) is 0 Å². The molecule has 0 atom stereocenters. The molecule has 1 aromatic carbocycles. The summed E-state index contributed by atoms with van der Waals surface area (Å²) >= 11 is 0. The van der Waals surface area contributed by atoms with E-state index in [1.165, 1.54) is 7.11 Å². The lowest BCUT2D eigenvalue weighted by Crippen LogP contribution is -2.01. The molecular weight excluding hydrogens is 200 g/mol. The number of benzene rings is 1. The summed E-state index contributed by atoms with van der Waals surface area (Å²) in [6.07, 6.45) is 3.63. The molecule has 16 heavy (non-hydrogen) atoms. The smallest absolute Gasteiger partial charge is 0.333 e. The van der Waals surface area contributed by atoms with Crippen LogP contribution in [0.15, 0.2) is 30.4 Å². The van der Waals surface area contributed by atoms with Crippen molar-refractivity contribution in [3.05, 3.63) is 47.0 Å². The molecule has 0 aliphatic heterocycles. The van der Waals surface area contributed by atoms with Crippen LogP contribution in [0, 0.1) is 6.92 Å². The van der Waals surface area contributed by atoms with Crippen LogP contribution >= 0.6 is 0 Å². The highest BCUT2D eigenvalue weighted by atomic mass is 16.5. The summed E-state index contributed by atoms with van der Waals surface area (Å²) in [5.74, 6) is -0.302. The third-order valence-electron chi connectivity index (χ3n) is 2.52. The van der Waals surface area contributed by atoms with Gasteiger partial charge in [0.05, 0.1) is 7.11 Å². The van der Waals surface area contributed by atoms with Crippen LogP contribution in [0.1, 0.15) is 23.6 Å². The van der Waals surface area contributed by atoms with E-state index < -0.39 is 0 Å². The molecule has 0 amide bonds. The third kappa shape index (κ3) is 2.60. The second-order valence-electron chi connectivity index (χ2n) is 3.58. The second-order valence-corrected chi connectivity index (χ2v) is 3.58. The Kier molecular flexibility index (Phi) is 4.06. The first kappa shape index (κ1) is 12.2. The number of carbonyl (C=O) groups is 1. The Balaban J connectivity index is 3.15. The minimum atomic E-state index is -0.302. The van der Waals surface area contributed by atoms with Crippen molar-refractivity contribution in [2.75, 3.05) is 7.11 Å². The Hall–Kier alpha value is -1.83. The molecule has 2 nitrogen and oxygen atoms in total. The Morgan fingerprint density at radius 2 is 2.00 bits per heavy atom. The molecule has 0 spiro atoms. The van der Waals surface area contributed by atoms with Gasteiger partial charge in [-0.2, -0.15) is 0 Å². The highest BCUT2D eigenvalue weighted by Gasteiger charge is 2.05. The predicted octanol–water partition coefficient (Wildman–Crippen LogP) is 3.21. The zero-order valence-corrected chi connectivity index (χ0v) is 9.91. The van der Waals surface area contributed by atoms with Crippen molar-refractivity contribution in [2.45, 2.75) is 13.8 Å². The van der Waals surface area contributed by atoms with Gasteiger partial charge < -0.3 is 4.74 Å². The third-order valence-corrected chi connectivity index (χ3v) is 2.52. The Morgan fingerprint density at radius 1 is 1.38 bits per heavy atom. The van der Waals surface area contributed by atoms with E-state index >= 15 is 0 Å². The second kappa shape index (κ2) is 5.31. The molecule has 2 heteroatoms. The van der Waals surface area contributed by atoms with Crippen LogP contribution in [0.4, 0.5) is 0 Å². The lowest BCUT2D eigenvalue weighted by Gasteiger charge is -2.05. The summed E-state index contributed by atoms with van der Waals surface area (Å²) in [7, 11) is 1.38. The summed E-state index contributed by atoms with van der Waals surface area (Å²) in [4.78, 5) is 11.3. The first-order chi connectivity index (χ1) is 7.60. The standard InChI is InChI=1S/C14H16O2/c1-5-12-7-6-8-13(11(12)3)9-10(2)14(15)16-4/h5-9H,1H2,2-4H3/b10-9+. The van der Waals surface area contributed by atoms with Gasteiger partial charge in [0.25, 0.3) is 0 Å². The molecule has 0 N–H and O–H groups in total. The average Bonchev–Trinajstić information content (AvgIpc) is 2.30. The fraction of sp³-hybridized carbons (Fsp3) is 0.214. The van der Waals surface area contributed by atoms with E-state index in [-0.39, 0.29) is 5.97 Å². The number of hydrogen-bond donors (Lipinski definition) is 0. The summed E-state index contributed by atoms with van der Waals surface area (Å²) in [6.45, 7) is 7.50. The van der Waals surface area contributed by atoms with Gasteiger partial charge in [0.2, 0.25) is 0 Å². The highest BCUT2D eigenvalue weighted by molar-refractivity contribution is 5.93. The molecule has 0 bridgehead atoms. The predicted molar refractivity (Wildman–Crippen MR) is 66.9 cm³/mol. The molecule has 0 aliphatic carbocycles. The van der Waals surface area contributed by atoms with Crippen molar-refractivity contribution in [2.24, 2.45) is 0 Å². The van der Waals surface area contributed by atoms with E-state index in [9.17, 15) is 4.79 Å². The SMILES string of the molecule is C=Cc1cccc(/C=C(\C)C(=O)OC)c1C. The Morgan fingerprint density at radius 3 is 2.56 bits per heavy atom. The van der Waals surface area contributed by atoms with Crippen molar-refractivity contribution in [3.63, 3.8) is 0 Å². The van der Waals surface area contributed by atoms with Gasteiger partial charge >= 0.3 is 5.97 Å². The first-order valence-electron chi connectivity index (χ1n) is 5.08. The fourth-order valence-corrected chi connectivity index (χ4v) is 1.50. The first-order valence-corrected chi connectivity index (χ1v) is 5.08. The number of hydrogen-bond acceptors (Lipinski definition) is 2. The molecule has 84 valence electrons. The van der Waals surface area contributed by atoms with Crippen LogP contribution in [0.5, 0.6) is 0 Å². The lowest BCUT2D eigenvalue weighted by atomic mass is 10.0. The molecule has 0 saturated carbocycles. The van der Waals surface area contributed by atoms with E-state index in [1.807, 2.05) is 31.2 Å². The molecule has 0 radical (unpaired) electrons. The monoisotopic (exact) mass is 216 g/mol. The van der Waals surface area contributed by atoms with Crippen LogP contribution in [-0.2, 0) is 9.53 Å². The molecule has 1 rings (SSSR count). The van der Waals surface area contributed by atoms with Crippen molar-refractivity contribution in [1.82, 2.24) is 0 Å². The zero-order valence-electron chi connectivity index (χ0n) is 9.91. The van der Waals surface area contributed by atoms with Crippen LogP contribution in [-0.4, -0.2) is 13.1 Å². The largest absolute Gasteiger partial charge is 0.466 e. The van der Waals surface area contributed by atoms with Crippen LogP contribution in [0.2, 0.25) is 0 Å². The van der Waals surface area contributed by atoms with Gasteiger partial charge in [0, 0.05) is 5.57 Å². The van der Waals surface area contributed by atoms with E-state index in [1.54, 1.807) is 13.0 Å². The van der Waals surface area contributed by atoms with Crippen molar-refractivity contribution in [3.8, 4) is 0 Å². The zero-order chi connectivity index (χ0) is 12.1. The minimum absolute atomic E-state index is 0.302.